The average Bonchev–Trinajstić information content (AvgIpc) is 2.94. The summed E-state index contributed by atoms with van der Waals surface area (Å²) in [5.41, 5.74) is -0.399. The average molecular weight is 366 g/mol. The van der Waals surface area contributed by atoms with E-state index in [1.165, 1.54) is 6.92 Å². The molecule has 2 atom stereocenters. The number of aromatic nitrogens is 2. The summed E-state index contributed by atoms with van der Waals surface area (Å²) < 4.78 is 5.18. The van der Waals surface area contributed by atoms with E-state index >= 15 is 0 Å². The molecule has 0 saturated carbocycles. The summed E-state index contributed by atoms with van der Waals surface area (Å²) in [6, 6.07) is 4.83. The van der Waals surface area contributed by atoms with Crippen LogP contribution in [0.1, 0.15) is 47.1 Å². The summed E-state index contributed by atoms with van der Waals surface area (Å²) in [5, 5.41) is 28.5. The maximum absolute atomic E-state index is 12.6. The highest BCUT2D eigenvalue weighted by Crippen LogP contribution is 2.41. The number of aliphatic hydroxyl groups is 2. The van der Waals surface area contributed by atoms with Gasteiger partial charge in [-0.3, -0.25) is 9.89 Å². The number of cyclic esters (lactones) is 1. The van der Waals surface area contributed by atoms with E-state index in [0.29, 0.717) is 16.8 Å². The van der Waals surface area contributed by atoms with Crippen molar-refractivity contribution >= 4 is 29.2 Å². The van der Waals surface area contributed by atoms with Crippen LogP contribution in [-0.4, -0.2) is 32.3 Å². The van der Waals surface area contributed by atoms with Crippen molar-refractivity contribution in [3.63, 3.8) is 0 Å². The standard InChI is InChI=1S/C16H16ClN3O5/c1-7-11-8(16(2,24)15(23)25-7)4-3-5-9(11)18-14(22)12-10(6-21)19-20-13(12)17/h3-5,7,21,24H,6H2,1-2H3,(H,18,22)(H,19,20). The van der Waals surface area contributed by atoms with Gasteiger partial charge in [0.2, 0.25) is 0 Å². The first-order valence-electron chi connectivity index (χ1n) is 7.49. The molecule has 1 aliphatic heterocycles. The molecule has 9 heteroatoms. The minimum atomic E-state index is -1.81. The lowest BCUT2D eigenvalue weighted by Gasteiger charge is -2.34. The minimum Gasteiger partial charge on any atom is -0.455 e. The van der Waals surface area contributed by atoms with Crippen molar-refractivity contribution in [2.24, 2.45) is 0 Å². The molecule has 2 aromatic rings. The summed E-state index contributed by atoms with van der Waals surface area (Å²) in [5.74, 6) is -1.34. The number of carbonyl (C=O) groups is 2. The molecule has 8 nitrogen and oxygen atoms in total. The second kappa shape index (κ2) is 6.14. The fourth-order valence-corrected chi connectivity index (χ4v) is 3.11. The number of aromatic amines is 1. The highest BCUT2D eigenvalue weighted by molar-refractivity contribution is 6.33. The molecule has 4 N–H and O–H groups in total. The molecule has 25 heavy (non-hydrogen) atoms. The zero-order valence-electron chi connectivity index (χ0n) is 13.5. The largest absolute Gasteiger partial charge is 0.455 e. The SMILES string of the molecule is CC1OC(=O)C(C)(O)c2cccc(NC(=O)c3c(Cl)n[nH]c3CO)c21. The van der Waals surface area contributed by atoms with Gasteiger partial charge in [-0.1, -0.05) is 23.7 Å². The van der Waals surface area contributed by atoms with E-state index in [1.54, 1.807) is 25.1 Å². The highest BCUT2D eigenvalue weighted by atomic mass is 35.5. The number of nitrogens with zero attached hydrogens (tertiary/aromatic N) is 1. The Morgan fingerprint density at radius 1 is 1.52 bits per heavy atom. The van der Waals surface area contributed by atoms with Crippen molar-refractivity contribution in [2.45, 2.75) is 32.2 Å². The van der Waals surface area contributed by atoms with E-state index in [-0.39, 0.29) is 16.4 Å². The number of halogens is 1. The summed E-state index contributed by atoms with van der Waals surface area (Å²) in [4.78, 5) is 24.5. The van der Waals surface area contributed by atoms with Crippen LogP contribution in [0.5, 0.6) is 0 Å². The molecule has 1 aromatic heterocycles. The number of amides is 1. The molecule has 1 aromatic carbocycles. The normalized spacial score (nSPS) is 22.3. The number of hydrogen-bond donors (Lipinski definition) is 4. The molecule has 3 rings (SSSR count). The minimum absolute atomic E-state index is 0.0222. The molecule has 0 bridgehead atoms. The zero-order valence-corrected chi connectivity index (χ0v) is 14.2. The predicted octanol–water partition coefficient (Wildman–Crippen LogP) is 1.63. The molecular formula is C16H16ClN3O5. The van der Waals surface area contributed by atoms with Gasteiger partial charge in [-0.2, -0.15) is 5.10 Å². The number of fused-ring (bicyclic) bond motifs is 1. The van der Waals surface area contributed by atoms with Crippen molar-refractivity contribution in [1.29, 1.82) is 0 Å². The second-order valence-electron chi connectivity index (χ2n) is 5.87. The van der Waals surface area contributed by atoms with Crippen LogP contribution in [0.4, 0.5) is 5.69 Å². The molecule has 0 saturated heterocycles. The number of benzene rings is 1. The number of hydrogen-bond acceptors (Lipinski definition) is 6. The Morgan fingerprint density at radius 3 is 2.92 bits per heavy atom. The van der Waals surface area contributed by atoms with E-state index in [1.807, 2.05) is 0 Å². The van der Waals surface area contributed by atoms with Crippen molar-refractivity contribution in [3.05, 3.63) is 45.7 Å². The first-order chi connectivity index (χ1) is 11.8. The first-order valence-corrected chi connectivity index (χ1v) is 7.87. The molecular weight excluding hydrogens is 350 g/mol. The number of esters is 1. The molecule has 0 spiro atoms. The van der Waals surface area contributed by atoms with Gasteiger partial charge in [-0.05, 0) is 19.9 Å². The van der Waals surface area contributed by atoms with Gasteiger partial charge in [0.15, 0.2) is 10.8 Å². The van der Waals surface area contributed by atoms with E-state index in [4.69, 9.17) is 16.3 Å². The van der Waals surface area contributed by atoms with Gasteiger partial charge in [-0.25, -0.2) is 4.79 Å². The molecule has 1 amide bonds. The number of ether oxygens (including phenoxy) is 1. The van der Waals surface area contributed by atoms with Crippen LogP contribution >= 0.6 is 11.6 Å². The van der Waals surface area contributed by atoms with Crippen LogP contribution < -0.4 is 5.32 Å². The lowest BCUT2D eigenvalue weighted by molar-refractivity contribution is -0.174. The van der Waals surface area contributed by atoms with E-state index in [9.17, 15) is 19.8 Å². The van der Waals surface area contributed by atoms with Crippen LogP contribution in [0.15, 0.2) is 18.2 Å². The van der Waals surface area contributed by atoms with Gasteiger partial charge in [0.1, 0.15) is 11.7 Å². The molecule has 2 heterocycles. The van der Waals surface area contributed by atoms with Gasteiger partial charge in [0, 0.05) is 16.8 Å². The molecule has 0 fully saturated rings. The second-order valence-corrected chi connectivity index (χ2v) is 6.22. The number of aliphatic hydroxyl groups excluding tert-OH is 1. The van der Waals surface area contributed by atoms with Gasteiger partial charge in [0.05, 0.1) is 12.3 Å². The maximum atomic E-state index is 12.6. The van der Waals surface area contributed by atoms with Gasteiger partial charge in [-0.15, -0.1) is 0 Å². The van der Waals surface area contributed by atoms with Gasteiger partial charge in [0.25, 0.3) is 5.91 Å². The Balaban J connectivity index is 2.03. The Kier molecular flexibility index (Phi) is 4.28. The fourth-order valence-electron chi connectivity index (χ4n) is 2.86. The van der Waals surface area contributed by atoms with Crippen molar-refractivity contribution in [2.75, 3.05) is 5.32 Å². The number of H-pyrrole nitrogens is 1. The van der Waals surface area contributed by atoms with Crippen LogP contribution in [0.25, 0.3) is 0 Å². The number of carbonyl (C=O) groups excluding carboxylic acids is 2. The number of rotatable bonds is 3. The van der Waals surface area contributed by atoms with Crippen LogP contribution in [0.3, 0.4) is 0 Å². The lowest BCUT2D eigenvalue weighted by atomic mass is 9.86. The Hall–Kier alpha value is -2.42. The third-order valence-corrected chi connectivity index (χ3v) is 4.42. The summed E-state index contributed by atoms with van der Waals surface area (Å²) in [7, 11) is 0. The van der Waals surface area contributed by atoms with E-state index < -0.39 is 30.2 Å². The third-order valence-electron chi connectivity index (χ3n) is 4.15. The summed E-state index contributed by atoms with van der Waals surface area (Å²) in [6.07, 6.45) is -0.656. The van der Waals surface area contributed by atoms with E-state index in [2.05, 4.69) is 15.5 Å². The van der Waals surface area contributed by atoms with Crippen LogP contribution in [-0.2, 0) is 21.7 Å². The van der Waals surface area contributed by atoms with E-state index in [0.717, 1.165) is 0 Å². The molecule has 0 aliphatic carbocycles. The smallest absolute Gasteiger partial charge is 0.343 e. The Bertz CT molecular complexity index is 861. The van der Waals surface area contributed by atoms with Crippen molar-refractivity contribution in [3.8, 4) is 0 Å². The number of nitrogens with one attached hydrogen (secondary N) is 2. The summed E-state index contributed by atoms with van der Waals surface area (Å²) in [6.45, 7) is 2.55. The fraction of sp³-hybridized carbons (Fsp3) is 0.312. The quantitative estimate of drug-likeness (QED) is 0.613. The highest BCUT2D eigenvalue weighted by Gasteiger charge is 2.43. The van der Waals surface area contributed by atoms with Crippen molar-refractivity contribution in [1.82, 2.24) is 10.2 Å². The Morgan fingerprint density at radius 2 is 2.24 bits per heavy atom. The van der Waals surface area contributed by atoms with Crippen LogP contribution in [0, 0.1) is 0 Å². The molecule has 132 valence electrons. The maximum Gasteiger partial charge on any atom is 0.343 e. The molecule has 0 radical (unpaired) electrons. The monoisotopic (exact) mass is 365 g/mol. The topological polar surface area (TPSA) is 125 Å². The third kappa shape index (κ3) is 2.78. The predicted molar refractivity (Wildman–Crippen MR) is 88.0 cm³/mol. The Labute approximate surface area is 147 Å². The number of anilines is 1. The summed E-state index contributed by atoms with van der Waals surface area (Å²) >= 11 is 5.90. The molecule has 1 aliphatic rings. The van der Waals surface area contributed by atoms with Crippen molar-refractivity contribution < 1.29 is 24.5 Å². The zero-order chi connectivity index (χ0) is 18.4. The molecule has 2 unspecified atom stereocenters. The van der Waals surface area contributed by atoms with Crippen LogP contribution in [0.2, 0.25) is 5.15 Å². The first kappa shape index (κ1) is 17.4. The van der Waals surface area contributed by atoms with Gasteiger partial charge >= 0.3 is 5.97 Å². The lowest BCUT2D eigenvalue weighted by Crippen LogP contribution is -2.40. The van der Waals surface area contributed by atoms with Gasteiger partial charge < -0.3 is 20.3 Å².